The van der Waals surface area contributed by atoms with Crippen LogP contribution in [-0.4, -0.2) is 25.1 Å². The van der Waals surface area contributed by atoms with Gasteiger partial charge in [0.2, 0.25) is 0 Å². The second-order valence-electron chi connectivity index (χ2n) is 7.08. The molecule has 4 aromatic rings. The molecule has 8 heteroatoms. The molecule has 0 aliphatic carbocycles. The molecule has 0 saturated heterocycles. The number of thiophene rings is 1. The average Bonchev–Trinajstić information content (AvgIpc) is 3.16. The number of methoxy groups -OCH3 is 1. The van der Waals surface area contributed by atoms with Crippen molar-refractivity contribution >= 4 is 50.6 Å². The molecule has 1 atom stereocenters. The van der Waals surface area contributed by atoms with E-state index in [9.17, 15) is 9.59 Å². The number of benzene rings is 3. The Hall–Kier alpha value is -3.55. The maximum absolute atomic E-state index is 12.7. The van der Waals surface area contributed by atoms with Gasteiger partial charge in [-0.3, -0.25) is 4.79 Å². The fraction of sp³-hybridized carbons (Fsp3) is 0.120. The lowest BCUT2D eigenvalue weighted by Crippen LogP contribution is -2.29. The molecule has 33 heavy (non-hydrogen) atoms. The van der Waals surface area contributed by atoms with Crippen molar-refractivity contribution in [2.75, 3.05) is 12.4 Å². The molecule has 4 rings (SSSR count). The number of amides is 1. The van der Waals surface area contributed by atoms with E-state index in [0.29, 0.717) is 28.0 Å². The predicted molar refractivity (Wildman–Crippen MR) is 130 cm³/mol. The summed E-state index contributed by atoms with van der Waals surface area (Å²) in [6, 6.07) is 21.6. The Morgan fingerprint density at radius 3 is 2.30 bits per heavy atom. The van der Waals surface area contributed by atoms with Gasteiger partial charge in [-0.1, -0.05) is 29.8 Å². The molecule has 0 aliphatic heterocycles. The highest BCUT2D eigenvalue weighted by atomic mass is 35.5. The van der Waals surface area contributed by atoms with Crippen LogP contribution in [0, 0.1) is 0 Å². The first kappa shape index (κ1) is 22.6. The first-order valence-electron chi connectivity index (χ1n) is 10.1. The molecule has 0 bridgehead atoms. The number of esters is 1. The summed E-state index contributed by atoms with van der Waals surface area (Å²) in [6.07, 6.45) is -1.02. The number of carbonyl (C=O) groups excluding carboxylic acids is 2. The standard InChI is InChI=1S/C25H20ClNO5S/c1-15(31-25(29)23-22(26)20-13-12-19(30-2)14-21(20)33-23)24(28)27-16-8-10-18(11-9-16)32-17-6-4-3-5-7-17/h3-15H,1-2H3,(H,27,28). The Morgan fingerprint density at radius 2 is 1.61 bits per heavy atom. The van der Waals surface area contributed by atoms with E-state index >= 15 is 0 Å². The summed E-state index contributed by atoms with van der Waals surface area (Å²) in [5, 5.41) is 3.75. The van der Waals surface area contributed by atoms with Crippen LogP contribution >= 0.6 is 22.9 Å². The van der Waals surface area contributed by atoms with E-state index in [-0.39, 0.29) is 4.88 Å². The first-order valence-corrected chi connectivity index (χ1v) is 11.2. The molecule has 1 aromatic heterocycles. The Morgan fingerprint density at radius 1 is 0.939 bits per heavy atom. The van der Waals surface area contributed by atoms with Crippen LogP contribution in [0.15, 0.2) is 72.8 Å². The highest BCUT2D eigenvalue weighted by Gasteiger charge is 2.24. The fourth-order valence-electron chi connectivity index (χ4n) is 3.05. The van der Waals surface area contributed by atoms with Crippen molar-refractivity contribution in [1.82, 2.24) is 0 Å². The van der Waals surface area contributed by atoms with Gasteiger partial charge in [0.15, 0.2) is 6.10 Å². The molecule has 0 radical (unpaired) electrons. The number of para-hydroxylation sites is 1. The van der Waals surface area contributed by atoms with E-state index in [2.05, 4.69) is 5.32 Å². The highest BCUT2D eigenvalue weighted by Crippen LogP contribution is 2.37. The van der Waals surface area contributed by atoms with E-state index in [1.807, 2.05) is 30.3 Å². The maximum atomic E-state index is 12.7. The second-order valence-corrected chi connectivity index (χ2v) is 8.51. The van der Waals surface area contributed by atoms with Crippen LogP contribution in [0.25, 0.3) is 10.1 Å². The van der Waals surface area contributed by atoms with E-state index < -0.39 is 18.0 Å². The zero-order valence-corrected chi connectivity index (χ0v) is 19.4. The van der Waals surface area contributed by atoms with Crippen LogP contribution < -0.4 is 14.8 Å². The maximum Gasteiger partial charge on any atom is 0.350 e. The monoisotopic (exact) mass is 481 g/mol. The van der Waals surface area contributed by atoms with Crippen LogP contribution in [0.1, 0.15) is 16.6 Å². The summed E-state index contributed by atoms with van der Waals surface area (Å²) in [5.74, 6) is 0.893. The molecule has 168 valence electrons. The normalized spacial score (nSPS) is 11.6. The van der Waals surface area contributed by atoms with Gasteiger partial charge in [0.05, 0.1) is 12.1 Å². The summed E-state index contributed by atoms with van der Waals surface area (Å²) >= 11 is 7.56. The van der Waals surface area contributed by atoms with Crippen molar-refractivity contribution in [3.05, 3.63) is 82.7 Å². The first-order chi connectivity index (χ1) is 15.9. The number of fused-ring (bicyclic) bond motifs is 1. The number of hydrogen-bond acceptors (Lipinski definition) is 6. The summed E-state index contributed by atoms with van der Waals surface area (Å²) in [4.78, 5) is 25.4. The average molecular weight is 482 g/mol. The summed E-state index contributed by atoms with van der Waals surface area (Å²) in [6.45, 7) is 1.50. The Balaban J connectivity index is 1.38. The van der Waals surface area contributed by atoms with Gasteiger partial charge in [-0.25, -0.2) is 4.79 Å². The van der Waals surface area contributed by atoms with E-state index in [1.54, 1.807) is 49.6 Å². The highest BCUT2D eigenvalue weighted by molar-refractivity contribution is 7.21. The van der Waals surface area contributed by atoms with Crippen molar-refractivity contribution in [1.29, 1.82) is 0 Å². The van der Waals surface area contributed by atoms with Gasteiger partial charge in [-0.15, -0.1) is 11.3 Å². The third-order valence-corrected chi connectivity index (χ3v) is 6.41. The van der Waals surface area contributed by atoms with Crippen LogP contribution in [0.4, 0.5) is 5.69 Å². The predicted octanol–water partition coefficient (Wildman–Crippen LogP) is 6.54. The summed E-state index contributed by atoms with van der Waals surface area (Å²) in [7, 11) is 1.57. The molecule has 1 N–H and O–H groups in total. The molecule has 0 fully saturated rings. The van der Waals surface area contributed by atoms with Crippen molar-refractivity contribution < 1.29 is 23.8 Å². The van der Waals surface area contributed by atoms with E-state index in [4.69, 9.17) is 25.8 Å². The van der Waals surface area contributed by atoms with Gasteiger partial charge >= 0.3 is 5.97 Å². The molecule has 0 saturated carbocycles. The number of halogens is 1. The lowest BCUT2D eigenvalue weighted by atomic mass is 10.2. The zero-order chi connectivity index (χ0) is 23.4. The quantitative estimate of drug-likeness (QED) is 0.303. The fourth-order valence-corrected chi connectivity index (χ4v) is 4.47. The number of ether oxygens (including phenoxy) is 3. The van der Waals surface area contributed by atoms with E-state index in [1.165, 1.54) is 18.3 Å². The third-order valence-electron chi connectivity index (χ3n) is 4.78. The third kappa shape index (κ3) is 5.27. The van der Waals surface area contributed by atoms with Gasteiger partial charge in [0.1, 0.15) is 22.1 Å². The van der Waals surface area contributed by atoms with Crippen LogP contribution in [0.5, 0.6) is 17.2 Å². The SMILES string of the molecule is COc1ccc2c(Cl)c(C(=O)OC(C)C(=O)Nc3ccc(Oc4ccccc4)cc3)sc2c1. The van der Waals surface area contributed by atoms with Crippen molar-refractivity contribution in [2.45, 2.75) is 13.0 Å². The number of rotatable bonds is 7. The van der Waals surface area contributed by atoms with Crippen molar-refractivity contribution in [3.63, 3.8) is 0 Å². The second kappa shape index (κ2) is 9.94. The van der Waals surface area contributed by atoms with Crippen LogP contribution in [0.2, 0.25) is 5.02 Å². The molecule has 0 spiro atoms. The topological polar surface area (TPSA) is 73.9 Å². The molecule has 1 amide bonds. The van der Waals surface area contributed by atoms with Crippen LogP contribution in [0.3, 0.4) is 0 Å². The van der Waals surface area contributed by atoms with Gasteiger partial charge in [0.25, 0.3) is 5.91 Å². The van der Waals surface area contributed by atoms with E-state index in [0.717, 1.165) is 10.1 Å². The van der Waals surface area contributed by atoms with Crippen molar-refractivity contribution in [2.24, 2.45) is 0 Å². The van der Waals surface area contributed by atoms with Crippen LogP contribution in [-0.2, 0) is 9.53 Å². The number of anilines is 1. The molecular formula is C25H20ClNO5S. The molecule has 6 nitrogen and oxygen atoms in total. The van der Waals surface area contributed by atoms with Gasteiger partial charge in [0, 0.05) is 15.8 Å². The smallest absolute Gasteiger partial charge is 0.350 e. The number of nitrogens with one attached hydrogen (secondary N) is 1. The lowest BCUT2D eigenvalue weighted by Gasteiger charge is -2.13. The minimum absolute atomic E-state index is 0.238. The Bertz CT molecular complexity index is 1290. The lowest BCUT2D eigenvalue weighted by molar-refractivity contribution is -0.123. The largest absolute Gasteiger partial charge is 0.497 e. The summed E-state index contributed by atoms with van der Waals surface area (Å²) < 4.78 is 17.1. The minimum Gasteiger partial charge on any atom is -0.497 e. The van der Waals surface area contributed by atoms with Gasteiger partial charge < -0.3 is 19.5 Å². The molecule has 1 unspecified atom stereocenters. The zero-order valence-electron chi connectivity index (χ0n) is 17.8. The number of hydrogen-bond donors (Lipinski definition) is 1. The molecule has 0 aliphatic rings. The van der Waals surface area contributed by atoms with Crippen molar-refractivity contribution in [3.8, 4) is 17.2 Å². The molecule has 3 aromatic carbocycles. The summed E-state index contributed by atoms with van der Waals surface area (Å²) in [5.41, 5.74) is 0.551. The molecule has 1 heterocycles. The molecular weight excluding hydrogens is 462 g/mol. The number of carbonyl (C=O) groups is 2. The Labute approximate surface area is 199 Å². The minimum atomic E-state index is -1.02. The van der Waals surface area contributed by atoms with Gasteiger partial charge in [-0.05, 0) is 61.5 Å². The van der Waals surface area contributed by atoms with Gasteiger partial charge in [-0.2, -0.15) is 0 Å². The Kier molecular flexibility index (Phi) is 6.82.